The molecule has 1 rings (SSSR count). The molecule has 0 amide bonds. The van der Waals surface area contributed by atoms with E-state index in [9.17, 15) is 21.6 Å². The van der Waals surface area contributed by atoms with E-state index in [1.165, 1.54) is 12.1 Å². The molecule has 0 fully saturated rings. The zero-order valence-corrected chi connectivity index (χ0v) is 12.6. The molecule has 0 heterocycles. The Morgan fingerprint density at radius 1 is 1.00 bits per heavy atom. The topological polar surface area (TPSA) is 43.4 Å². The van der Waals surface area contributed by atoms with E-state index in [0.717, 1.165) is 5.56 Å². The largest absolute Gasteiger partial charge is 0.389 e. The third kappa shape index (κ3) is 7.47. The molecule has 3 nitrogen and oxygen atoms in total. The van der Waals surface area contributed by atoms with E-state index in [0.29, 0.717) is 19.3 Å². The Labute approximate surface area is 123 Å². The second kappa shape index (κ2) is 7.79. The second-order valence-electron chi connectivity index (χ2n) is 4.87. The van der Waals surface area contributed by atoms with Gasteiger partial charge in [0.2, 0.25) is 0 Å². The van der Waals surface area contributed by atoms with Crippen LogP contribution in [0.1, 0.15) is 37.7 Å². The minimum Gasteiger partial charge on any atom is -0.266 e. The molecule has 0 aromatic heterocycles. The van der Waals surface area contributed by atoms with Crippen LogP contribution < -0.4 is 0 Å². The van der Waals surface area contributed by atoms with E-state index in [1.54, 1.807) is 12.1 Å². The predicted molar refractivity (Wildman–Crippen MR) is 73.5 cm³/mol. The van der Waals surface area contributed by atoms with Gasteiger partial charge in [-0.2, -0.15) is 21.6 Å². The normalized spacial score (nSPS) is 12.6. The Kier molecular flexibility index (Phi) is 6.67. The van der Waals surface area contributed by atoms with Crippen LogP contribution in [0.5, 0.6) is 0 Å². The monoisotopic (exact) mass is 324 g/mol. The Morgan fingerprint density at radius 2 is 1.57 bits per heavy atom. The zero-order valence-electron chi connectivity index (χ0n) is 11.8. The van der Waals surface area contributed by atoms with Crippen molar-refractivity contribution in [2.45, 2.75) is 50.1 Å². The van der Waals surface area contributed by atoms with Crippen LogP contribution in [-0.4, -0.2) is 21.2 Å². The fourth-order valence-corrected chi connectivity index (χ4v) is 2.67. The Hall–Kier alpha value is -1.08. The molecule has 0 unspecified atom stereocenters. The quantitative estimate of drug-likeness (QED) is 0.531. The van der Waals surface area contributed by atoms with Gasteiger partial charge in [-0.25, -0.2) is 0 Å². The molecule has 0 atom stereocenters. The van der Waals surface area contributed by atoms with Gasteiger partial charge in [-0.15, -0.1) is 0 Å². The fourth-order valence-electron chi connectivity index (χ4n) is 1.72. The van der Waals surface area contributed by atoms with Gasteiger partial charge in [0.15, 0.2) is 0 Å². The van der Waals surface area contributed by atoms with E-state index in [1.807, 2.05) is 6.92 Å². The maximum Gasteiger partial charge on any atom is 0.389 e. The molecule has 0 saturated carbocycles. The molecular weight excluding hydrogens is 305 g/mol. The first-order valence-corrected chi connectivity index (χ1v) is 8.14. The predicted octanol–water partition coefficient (Wildman–Crippen LogP) is 4.21. The van der Waals surface area contributed by atoms with Crippen molar-refractivity contribution >= 4 is 10.1 Å². The van der Waals surface area contributed by atoms with E-state index < -0.39 is 22.7 Å². The van der Waals surface area contributed by atoms with E-state index >= 15 is 0 Å². The maximum atomic E-state index is 11.9. The number of aryl methyl sites for hydroxylation is 1. The van der Waals surface area contributed by atoms with Crippen molar-refractivity contribution in [2.75, 3.05) is 6.61 Å². The molecule has 0 N–H and O–H groups in total. The van der Waals surface area contributed by atoms with Crippen LogP contribution in [0.25, 0.3) is 0 Å². The van der Waals surface area contributed by atoms with E-state index in [4.69, 9.17) is 4.18 Å². The summed E-state index contributed by atoms with van der Waals surface area (Å²) in [5, 5.41) is 0. The number of unbranched alkanes of at least 4 members (excludes halogenated alkanes) is 3. The summed E-state index contributed by atoms with van der Waals surface area (Å²) in [6.07, 6.45) is -3.51. The molecule has 1 aromatic carbocycles. The number of alkyl halides is 3. The van der Waals surface area contributed by atoms with Crippen LogP contribution in [-0.2, 0) is 14.3 Å². The van der Waals surface area contributed by atoms with Crippen molar-refractivity contribution in [3.63, 3.8) is 0 Å². The Balaban J connectivity index is 2.24. The van der Waals surface area contributed by atoms with E-state index in [-0.39, 0.29) is 17.9 Å². The highest BCUT2D eigenvalue weighted by Gasteiger charge is 2.25. The first-order chi connectivity index (χ1) is 9.71. The van der Waals surface area contributed by atoms with Crippen LogP contribution in [0, 0.1) is 6.92 Å². The molecule has 0 radical (unpaired) electrons. The van der Waals surface area contributed by atoms with Crippen molar-refractivity contribution in [3.05, 3.63) is 29.8 Å². The minimum atomic E-state index is -4.12. The number of rotatable bonds is 8. The van der Waals surface area contributed by atoms with E-state index in [2.05, 4.69) is 0 Å². The van der Waals surface area contributed by atoms with Gasteiger partial charge in [-0.05, 0) is 31.9 Å². The Morgan fingerprint density at radius 3 is 2.14 bits per heavy atom. The smallest absolute Gasteiger partial charge is 0.266 e. The van der Waals surface area contributed by atoms with Gasteiger partial charge in [0.1, 0.15) is 0 Å². The SMILES string of the molecule is Cc1ccc(S(=O)(=O)OCCCCCCC(F)(F)F)cc1. The summed E-state index contributed by atoms with van der Waals surface area (Å²) >= 11 is 0. The first-order valence-electron chi connectivity index (χ1n) is 6.73. The number of halogens is 3. The molecule has 1 aromatic rings. The second-order valence-corrected chi connectivity index (χ2v) is 6.48. The number of hydrogen-bond acceptors (Lipinski definition) is 3. The van der Waals surface area contributed by atoms with Crippen molar-refractivity contribution in [2.24, 2.45) is 0 Å². The molecule has 7 heteroatoms. The van der Waals surface area contributed by atoms with Gasteiger partial charge in [-0.3, -0.25) is 4.18 Å². The summed E-state index contributed by atoms with van der Waals surface area (Å²) < 4.78 is 64.1. The van der Waals surface area contributed by atoms with Gasteiger partial charge in [0.25, 0.3) is 10.1 Å². The van der Waals surface area contributed by atoms with Crippen LogP contribution >= 0.6 is 0 Å². The van der Waals surface area contributed by atoms with Crippen molar-refractivity contribution < 1.29 is 25.8 Å². The van der Waals surface area contributed by atoms with Gasteiger partial charge in [0, 0.05) is 6.42 Å². The van der Waals surface area contributed by atoms with Crippen molar-refractivity contribution in [1.82, 2.24) is 0 Å². The highest BCUT2D eigenvalue weighted by atomic mass is 32.2. The molecule has 120 valence electrons. The number of benzene rings is 1. The lowest BCUT2D eigenvalue weighted by atomic mass is 10.1. The third-order valence-corrected chi connectivity index (χ3v) is 4.23. The summed E-state index contributed by atoms with van der Waals surface area (Å²) in [4.78, 5) is 0.0881. The molecule has 0 bridgehead atoms. The molecule has 0 saturated heterocycles. The lowest BCUT2D eigenvalue weighted by Crippen LogP contribution is -2.08. The van der Waals surface area contributed by atoms with Gasteiger partial charge >= 0.3 is 6.18 Å². The fraction of sp³-hybridized carbons (Fsp3) is 0.571. The summed E-state index contributed by atoms with van der Waals surface area (Å²) in [6, 6.07) is 6.28. The molecule has 21 heavy (non-hydrogen) atoms. The highest BCUT2D eigenvalue weighted by Crippen LogP contribution is 2.23. The summed E-state index contributed by atoms with van der Waals surface area (Å²) in [5.74, 6) is 0. The maximum absolute atomic E-state index is 11.9. The summed E-state index contributed by atoms with van der Waals surface area (Å²) in [5.41, 5.74) is 0.943. The molecule has 0 aliphatic rings. The van der Waals surface area contributed by atoms with Gasteiger partial charge in [0.05, 0.1) is 11.5 Å². The Bertz CT molecular complexity index is 521. The molecule has 0 spiro atoms. The van der Waals surface area contributed by atoms with Crippen LogP contribution in [0.2, 0.25) is 0 Å². The number of hydrogen-bond donors (Lipinski definition) is 0. The average molecular weight is 324 g/mol. The zero-order chi connectivity index (χ0) is 15.9. The van der Waals surface area contributed by atoms with Crippen molar-refractivity contribution in [3.8, 4) is 0 Å². The standard InChI is InChI=1S/C14H19F3O3S/c1-12-6-8-13(9-7-12)21(18,19)20-11-5-3-2-4-10-14(15,16)17/h6-9H,2-5,10-11H2,1H3. The summed E-state index contributed by atoms with van der Waals surface area (Å²) in [6.45, 7) is 1.83. The lowest BCUT2D eigenvalue weighted by molar-refractivity contribution is -0.135. The van der Waals surface area contributed by atoms with Crippen molar-refractivity contribution in [1.29, 1.82) is 0 Å². The van der Waals surface area contributed by atoms with Gasteiger partial charge < -0.3 is 0 Å². The summed E-state index contributed by atoms with van der Waals surface area (Å²) in [7, 11) is -3.77. The van der Waals surface area contributed by atoms with Crippen LogP contribution in [0.4, 0.5) is 13.2 Å². The van der Waals surface area contributed by atoms with Crippen LogP contribution in [0.3, 0.4) is 0 Å². The minimum absolute atomic E-state index is 0.0117. The molecule has 0 aliphatic carbocycles. The van der Waals surface area contributed by atoms with Gasteiger partial charge in [-0.1, -0.05) is 30.5 Å². The highest BCUT2D eigenvalue weighted by molar-refractivity contribution is 7.86. The van der Waals surface area contributed by atoms with Crippen LogP contribution in [0.15, 0.2) is 29.2 Å². The third-order valence-electron chi connectivity index (χ3n) is 2.90. The molecular formula is C14H19F3O3S. The average Bonchev–Trinajstić information content (AvgIpc) is 2.36. The lowest BCUT2D eigenvalue weighted by Gasteiger charge is -2.07. The first kappa shape index (κ1) is 18.0. The molecule has 0 aliphatic heterocycles.